The summed E-state index contributed by atoms with van der Waals surface area (Å²) >= 11 is 0. The Labute approximate surface area is 202 Å². The third-order valence-electron chi connectivity index (χ3n) is 7.37. The van der Waals surface area contributed by atoms with Gasteiger partial charge in [0.05, 0.1) is 30.4 Å². The van der Waals surface area contributed by atoms with Crippen molar-refractivity contribution in [1.82, 2.24) is 19.7 Å². The van der Waals surface area contributed by atoms with Gasteiger partial charge in [-0.3, -0.25) is 4.68 Å². The van der Waals surface area contributed by atoms with Gasteiger partial charge in [0.1, 0.15) is 0 Å². The van der Waals surface area contributed by atoms with E-state index in [2.05, 4.69) is 80.7 Å². The minimum atomic E-state index is 0.0134. The predicted molar refractivity (Wildman–Crippen MR) is 140 cm³/mol. The summed E-state index contributed by atoms with van der Waals surface area (Å²) in [5.74, 6) is 1.05. The summed E-state index contributed by atoms with van der Waals surface area (Å²) in [6.07, 6.45) is 4.14. The molecule has 1 aliphatic rings. The van der Waals surface area contributed by atoms with Crippen molar-refractivity contribution in [2.24, 2.45) is 0 Å². The van der Waals surface area contributed by atoms with E-state index in [9.17, 15) is 0 Å². The molecule has 34 heavy (non-hydrogen) atoms. The van der Waals surface area contributed by atoms with Gasteiger partial charge in [-0.1, -0.05) is 52.0 Å². The standard InChI is InChI=1S/C29H36N4O/c1-19(20-7-8-22-17-30-33(26(22)16-20)23-13-14-32(5)18-23)15-21-9-11-25(29(2,3)4)28-24(21)10-12-27(31-28)34-6/h7-12,16-17,19,23H,13-15,18H2,1-6H3. The second-order valence-corrected chi connectivity index (χ2v) is 11.0. The Morgan fingerprint density at radius 3 is 2.65 bits per heavy atom. The largest absolute Gasteiger partial charge is 0.481 e. The molecule has 0 radical (unpaired) electrons. The monoisotopic (exact) mass is 456 g/mol. The van der Waals surface area contributed by atoms with Crippen LogP contribution in [0.4, 0.5) is 0 Å². The van der Waals surface area contributed by atoms with Crippen LogP contribution in [0.5, 0.6) is 5.88 Å². The summed E-state index contributed by atoms with van der Waals surface area (Å²) < 4.78 is 7.70. The molecule has 3 heterocycles. The first-order chi connectivity index (χ1) is 16.2. The Morgan fingerprint density at radius 2 is 1.94 bits per heavy atom. The first-order valence-electron chi connectivity index (χ1n) is 12.4. The maximum absolute atomic E-state index is 5.45. The molecule has 4 aromatic rings. The number of hydrogen-bond donors (Lipinski definition) is 0. The van der Waals surface area contributed by atoms with E-state index in [1.54, 1.807) is 7.11 Å². The van der Waals surface area contributed by atoms with Crippen molar-refractivity contribution in [3.63, 3.8) is 0 Å². The molecule has 1 saturated heterocycles. The Morgan fingerprint density at radius 1 is 1.12 bits per heavy atom. The van der Waals surface area contributed by atoms with E-state index >= 15 is 0 Å². The average molecular weight is 457 g/mol. The number of likely N-dealkylation sites (tertiary alicyclic amines) is 1. The summed E-state index contributed by atoms with van der Waals surface area (Å²) in [6.45, 7) is 11.3. The van der Waals surface area contributed by atoms with Crippen LogP contribution >= 0.6 is 0 Å². The lowest BCUT2D eigenvalue weighted by Crippen LogP contribution is -2.17. The van der Waals surface area contributed by atoms with E-state index in [-0.39, 0.29) is 5.41 Å². The van der Waals surface area contributed by atoms with Crippen molar-refractivity contribution >= 4 is 21.8 Å². The van der Waals surface area contributed by atoms with Crippen LogP contribution in [0.25, 0.3) is 21.8 Å². The van der Waals surface area contributed by atoms with Crippen molar-refractivity contribution in [2.45, 2.75) is 57.9 Å². The topological polar surface area (TPSA) is 43.2 Å². The fourth-order valence-electron chi connectivity index (χ4n) is 5.37. The molecular formula is C29H36N4O. The molecule has 5 nitrogen and oxygen atoms in total. The number of aromatic nitrogens is 3. The normalized spacial score (nSPS) is 18.1. The molecule has 2 atom stereocenters. The number of likely N-dealkylation sites (N-methyl/N-ethyl adjacent to an activating group) is 1. The molecule has 0 bridgehead atoms. The maximum Gasteiger partial charge on any atom is 0.213 e. The number of rotatable bonds is 5. The molecule has 2 aromatic heterocycles. The van der Waals surface area contributed by atoms with E-state index in [0.717, 1.165) is 31.4 Å². The van der Waals surface area contributed by atoms with Gasteiger partial charge in [0.2, 0.25) is 5.88 Å². The number of benzene rings is 2. The first-order valence-corrected chi connectivity index (χ1v) is 12.4. The summed E-state index contributed by atoms with van der Waals surface area (Å²) in [5.41, 5.74) is 6.26. The number of pyridine rings is 1. The summed E-state index contributed by atoms with van der Waals surface area (Å²) in [7, 11) is 3.88. The van der Waals surface area contributed by atoms with Gasteiger partial charge < -0.3 is 9.64 Å². The van der Waals surface area contributed by atoms with Crippen LogP contribution in [0.2, 0.25) is 0 Å². The van der Waals surface area contributed by atoms with Crippen LogP contribution in [0, 0.1) is 0 Å². The highest BCUT2D eigenvalue weighted by molar-refractivity contribution is 5.87. The number of methoxy groups -OCH3 is 1. The van der Waals surface area contributed by atoms with Crippen molar-refractivity contribution in [3.8, 4) is 5.88 Å². The number of ether oxygens (including phenoxy) is 1. The minimum Gasteiger partial charge on any atom is -0.481 e. The molecule has 5 rings (SSSR count). The van der Waals surface area contributed by atoms with E-state index < -0.39 is 0 Å². The van der Waals surface area contributed by atoms with Gasteiger partial charge in [-0.25, -0.2) is 4.98 Å². The van der Waals surface area contributed by atoms with Crippen LogP contribution in [0.3, 0.4) is 0 Å². The first kappa shape index (κ1) is 22.9. The second kappa shape index (κ2) is 8.70. The number of hydrogen-bond acceptors (Lipinski definition) is 4. The van der Waals surface area contributed by atoms with Crippen molar-refractivity contribution in [3.05, 3.63) is 65.4 Å². The van der Waals surface area contributed by atoms with E-state index in [1.165, 1.54) is 33.0 Å². The summed E-state index contributed by atoms with van der Waals surface area (Å²) in [4.78, 5) is 7.25. The smallest absolute Gasteiger partial charge is 0.213 e. The third-order valence-corrected chi connectivity index (χ3v) is 7.37. The predicted octanol–water partition coefficient (Wildman–Crippen LogP) is 6.11. The highest BCUT2D eigenvalue weighted by atomic mass is 16.5. The average Bonchev–Trinajstić information content (AvgIpc) is 3.43. The van der Waals surface area contributed by atoms with Gasteiger partial charge in [-0.2, -0.15) is 5.10 Å². The summed E-state index contributed by atoms with van der Waals surface area (Å²) in [5, 5.41) is 7.20. The van der Waals surface area contributed by atoms with Crippen LogP contribution in [-0.4, -0.2) is 46.9 Å². The Balaban J connectivity index is 1.49. The molecule has 0 spiro atoms. The molecule has 178 valence electrons. The molecular weight excluding hydrogens is 420 g/mol. The zero-order valence-corrected chi connectivity index (χ0v) is 21.3. The summed E-state index contributed by atoms with van der Waals surface area (Å²) in [6, 6.07) is 16.0. The molecule has 5 heteroatoms. The van der Waals surface area contributed by atoms with Gasteiger partial charge >= 0.3 is 0 Å². The fourth-order valence-corrected chi connectivity index (χ4v) is 5.37. The van der Waals surface area contributed by atoms with Crippen LogP contribution in [0.1, 0.15) is 62.8 Å². The van der Waals surface area contributed by atoms with Gasteiger partial charge in [0.25, 0.3) is 0 Å². The van der Waals surface area contributed by atoms with Crippen molar-refractivity contribution < 1.29 is 4.74 Å². The van der Waals surface area contributed by atoms with E-state index in [1.807, 2.05) is 12.3 Å². The molecule has 0 saturated carbocycles. The Bertz CT molecular complexity index is 1330. The quantitative estimate of drug-likeness (QED) is 0.363. The van der Waals surface area contributed by atoms with Crippen LogP contribution in [-0.2, 0) is 11.8 Å². The highest BCUT2D eigenvalue weighted by Gasteiger charge is 2.24. The van der Waals surface area contributed by atoms with Crippen LogP contribution < -0.4 is 4.74 Å². The second-order valence-electron chi connectivity index (χ2n) is 11.0. The fraction of sp³-hybridized carbons (Fsp3) is 0.448. The van der Waals surface area contributed by atoms with Crippen LogP contribution in [0.15, 0.2) is 48.7 Å². The van der Waals surface area contributed by atoms with Gasteiger partial charge in [0, 0.05) is 23.4 Å². The Hall–Kier alpha value is -2.92. The Kier molecular flexibility index (Phi) is 5.85. The number of nitrogens with zero attached hydrogens (tertiary/aromatic N) is 4. The minimum absolute atomic E-state index is 0.0134. The lowest BCUT2D eigenvalue weighted by molar-refractivity contribution is 0.386. The van der Waals surface area contributed by atoms with E-state index in [0.29, 0.717) is 17.8 Å². The van der Waals surface area contributed by atoms with Gasteiger partial charge in [-0.05, 0) is 66.6 Å². The molecule has 2 unspecified atom stereocenters. The lowest BCUT2D eigenvalue weighted by Gasteiger charge is -2.23. The molecule has 1 fully saturated rings. The van der Waals surface area contributed by atoms with Gasteiger partial charge in [0.15, 0.2) is 0 Å². The third kappa shape index (κ3) is 4.18. The SMILES string of the molecule is COc1ccc2c(CC(C)c3ccc4cnn(C5CCN(C)C5)c4c3)ccc(C(C)(C)C)c2n1. The van der Waals surface area contributed by atoms with Crippen molar-refractivity contribution in [1.29, 1.82) is 0 Å². The van der Waals surface area contributed by atoms with E-state index in [4.69, 9.17) is 14.8 Å². The molecule has 1 aliphatic heterocycles. The lowest BCUT2D eigenvalue weighted by atomic mass is 9.83. The molecule has 0 amide bonds. The molecule has 2 aromatic carbocycles. The van der Waals surface area contributed by atoms with Gasteiger partial charge in [-0.15, -0.1) is 0 Å². The maximum atomic E-state index is 5.45. The van der Waals surface area contributed by atoms with Crippen molar-refractivity contribution in [2.75, 3.05) is 27.2 Å². The number of fused-ring (bicyclic) bond motifs is 2. The highest BCUT2D eigenvalue weighted by Crippen LogP contribution is 2.35. The zero-order chi connectivity index (χ0) is 24.0. The molecule has 0 aliphatic carbocycles. The molecule has 0 N–H and O–H groups in total. The zero-order valence-electron chi connectivity index (χ0n) is 21.3.